The van der Waals surface area contributed by atoms with Crippen molar-refractivity contribution >= 4 is 22.6 Å². The van der Waals surface area contributed by atoms with Crippen LogP contribution < -0.4 is 5.32 Å². The molecule has 0 saturated carbocycles. The molecule has 5 nitrogen and oxygen atoms in total. The lowest BCUT2D eigenvalue weighted by atomic mass is 9.95. The highest BCUT2D eigenvalue weighted by atomic mass is 19.3. The van der Waals surface area contributed by atoms with Crippen molar-refractivity contribution in [1.82, 2.24) is 9.97 Å². The van der Waals surface area contributed by atoms with Crippen LogP contribution in [0.15, 0.2) is 60.8 Å². The van der Waals surface area contributed by atoms with E-state index in [1.54, 1.807) is 30.3 Å². The second-order valence-corrected chi connectivity index (χ2v) is 8.13. The van der Waals surface area contributed by atoms with Gasteiger partial charge in [0.15, 0.2) is 0 Å². The number of anilines is 1. The summed E-state index contributed by atoms with van der Waals surface area (Å²) in [6, 6.07) is 13.6. The number of para-hydroxylation sites is 1. The maximum absolute atomic E-state index is 13.9. The van der Waals surface area contributed by atoms with Crippen LogP contribution in [0.5, 0.6) is 0 Å². The van der Waals surface area contributed by atoms with Gasteiger partial charge in [0.05, 0.1) is 11.1 Å². The Hall–Kier alpha value is -4.01. The highest BCUT2D eigenvalue weighted by Gasteiger charge is 2.22. The predicted molar refractivity (Wildman–Crippen MR) is 125 cm³/mol. The van der Waals surface area contributed by atoms with Gasteiger partial charge >= 0.3 is 5.97 Å². The highest BCUT2D eigenvalue weighted by molar-refractivity contribution is 5.94. The van der Waals surface area contributed by atoms with Gasteiger partial charge in [0, 0.05) is 34.4 Å². The first kappa shape index (κ1) is 24.1. The molecule has 4 aromatic rings. The summed E-state index contributed by atoms with van der Waals surface area (Å²) in [6.45, 7) is 3.64. The Morgan fingerprint density at radius 1 is 1.00 bits per heavy atom. The van der Waals surface area contributed by atoms with Crippen molar-refractivity contribution in [2.45, 2.75) is 32.7 Å². The molecule has 0 fully saturated rings. The van der Waals surface area contributed by atoms with E-state index < -0.39 is 36.2 Å². The maximum Gasteiger partial charge on any atom is 0.337 e. The lowest BCUT2D eigenvalue weighted by molar-refractivity contribution is 0.0697. The van der Waals surface area contributed by atoms with E-state index in [1.165, 1.54) is 12.1 Å². The number of benzene rings is 2. The van der Waals surface area contributed by atoms with E-state index in [1.807, 2.05) is 19.9 Å². The molecule has 2 aromatic heterocycles. The Morgan fingerprint density at radius 3 is 2.37 bits per heavy atom. The van der Waals surface area contributed by atoms with E-state index >= 15 is 0 Å². The van der Waals surface area contributed by atoms with Gasteiger partial charge in [-0.1, -0.05) is 24.3 Å². The van der Waals surface area contributed by atoms with Crippen LogP contribution in [0.3, 0.4) is 0 Å². The summed E-state index contributed by atoms with van der Waals surface area (Å²) < 4.78 is 53.7. The number of carboxylic acids is 1. The molecule has 9 heteroatoms. The topological polar surface area (TPSA) is 75.1 Å². The number of aryl methyl sites for hydroxylation is 1. The number of halogens is 4. The fourth-order valence-electron chi connectivity index (χ4n) is 4.02. The maximum atomic E-state index is 13.9. The van der Waals surface area contributed by atoms with Gasteiger partial charge in [-0.05, 0) is 55.3 Å². The minimum Gasteiger partial charge on any atom is -0.478 e. The van der Waals surface area contributed by atoms with Crippen LogP contribution >= 0.6 is 0 Å². The molecular formula is C26H21F4N3O2. The molecule has 0 aliphatic carbocycles. The minimum absolute atomic E-state index is 0.0871. The third kappa shape index (κ3) is 4.94. The SMILES string of the molecule is Cc1cc([C@H](C)Nc2ccccc2C(=O)O)c2cc(-c3ccc(C(F)F)nc3)c(C(F)F)nc2c1. The lowest BCUT2D eigenvalue weighted by Crippen LogP contribution is -2.11. The molecule has 35 heavy (non-hydrogen) atoms. The molecule has 1 atom stereocenters. The van der Waals surface area contributed by atoms with Crippen molar-refractivity contribution in [3.05, 3.63) is 88.9 Å². The van der Waals surface area contributed by atoms with Crippen LogP contribution in [0.4, 0.5) is 23.2 Å². The van der Waals surface area contributed by atoms with Crippen LogP contribution in [0, 0.1) is 6.92 Å². The average Bonchev–Trinajstić information content (AvgIpc) is 2.82. The molecule has 0 spiro atoms. The second-order valence-electron chi connectivity index (χ2n) is 8.13. The van der Waals surface area contributed by atoms with Crippen LogP contribution in [-0.2, 0) is 0 Å². The fourth-order valence-corrected chi connectivity index (χ4v) is 4.02. The lowest BCUT2D eigenvalue weighted by Gasteiger charge is -2.21. The van der Waals surface area contributed by atoms with Crippen LogP contribution in [0.1, 0.15) is 58.7 Å². The largest absolute Gasteiger partial charge is 0.478 e. The zero-order valence-corrected chi connectivity index (χ0v) is 18.8. The summed E-state index contributed by atoms with van der Waals surface area (Å²) in [7, 11) is 0. The number of hydrogen-bond acceptors (Lipinski definition) is 4. The van der Waals surface area contributed by atoms with Crippen molar-refractivity contribution in [2.75, 3.05) is 5.32 Å². The first-order chi connectivity index (χ1) is 16.7. The molecule has 0 radical (unpaired) electrons. The third-order valence-corrected chi connectivity index (χ3v) is 5.66. The van der Waals surface area contributed by atoms with Gasteiger partial charge in [-0.3, -0.25) is 4.98 Å². The number of alkyl halides is 4. The van der Waals surface area contributed by atoms with Gasteiger partial charge in [0.25, 0.3) is 12.9 Å². The van der Waals surface area contributed by atoms with Crippen LogP contribution in [-0.4, -0.2) is 21.0 Å². The number of fused-ring (bicyclic) bond motifs is 1. The van der Waals surface area contributed by atoms with Gasteiger partial charge in [-0.2, -0.15) is 0 Å². The Balaban J connectivity index is 1.86. The van der Waals surface area contributed by atoms with Crippen molar-refractivity contribution in [3.63, 3.8) is 0 Å². The van der Waals surface area contributed by atoms with Gasteiger partial charge in [0.2, 0.25) is 0 Å². The zero-order valence-electron chi connectivity index (χ0n) is 18.8. The summed E-state index contributed by atoms with van der Waals surface area (Å²) in [5.74, 6) is -1.08. The van der Waals surface area contributed by atoms with Crippen molar-refractivity contribution in [2.24, 2.45) is 0 Å². The number of aromatic carboxylic acids is 1. The molecule has 0 aliphatic rings. The van der Waals surface area contributed by atoms with Crippen LogP contribution in [0.2, 0.25) is 0 Å². The smallest absolute Gasteiger partial charge is 0.337 e. The average molecular weight is 483 g/mol. The number of carbonyl (C=O) groups is 1. The van der Waals surface area contributed by atoms with Gasteiger partial charge in [-0.25, -0.2) is 27.3 Å². The Morgan fingerprint density at radius 2 is 1.74 bits per heavy atom. The van der Waals surface area contributed by atoms with Gasteiger partial charge in [0.1, 0.15) is 11.4 Å². The quantitative estimate of drug-likeness (QED) is 0.269. The van der Waals surface area contributed by atoms with E-state index in [-0.39, 0.29) is 16.7 Å². The molecule has 2 heterocycles. The summed E-state index contributed by atoms with van der Waals surface area (Å²) in [4.78, 5) is 19.5. The summed E-state index contributed by atoms with van der Waals surface area (Å²) in [6.07, 6.45) is -4.54. The number of pyridine rings is 2. The number of nitrogens with zero attached hydrogens (tertiary/aromatic N) is 2. The van der Waals surface area contributed by atoms with Crippen molar-refractivity contribution < 1.29 is 27.5 Å². The molecule has 4 rings (SSSR count). The molecule has 0 saturated heterocycles. The molecule has 0 bridgehead atoms. The standard InChI is InChI=1S/C26H21F4N3O2/c1-13-9-17(14(2)32-20-6-4-3-5-16(20)26(34)35)19-11-18(23(25(29)30)33-22(19)10-13)15-7-8-21(24(27)28)31-12-15/h3-12,14,24-25,32H,1-2H3,(H,34,35)/t14-/m0/s1. The van der Waals surface area contributed by atoms with Crippen LogP contribution in [0.25, 0.3) is 22.0 Å². The summed E-state index contributed by atoms with van der Waals surface area (Å²) >= 11 is 0. The first-order valence-electron chi connectivity index (χ1n) is 10.7. The Kier molecular flexibility index (Phi) is 6.68. The third-order valence-electron chi connectivity index (χ3n) is 5.66. The monoisotopic (exact) mass is 483 g/mol. The minimum atomic E-state index is -2.90. The molecule has 0 unspecified atom stereocenters. The van der Waals surface area contributed by atoms with Gasteiger partial charge < -0.3 is 10.4 Å². The zero-order chi connectivity index (χ0) is 25.3. The molecule has 180 valence electrons. The fraction of sp³-hybridized carbons (Fsp3) is 0.192. The molecule has 2 N–H and O–H groups in total. The van der Waals surface area contributed by atoms with Crippen molar-refractivity contribution in [1.29, 1.82) is 0 Å². The Labute approximate surface area is 198 Å². The number of carboxylic acid groups (broad SMARTS) is 1. The van der Waals surface area contributed by atoms with Crippen molar-refractivity contribution in [3.8, 4) is 11.1 Å². The number of hydrogen-bond donors (Lipinski definition) is 2. The van der Waals surface area contributed by atoms with E-state index in [4.69, 9.17) is 0 Å². The molecular weight excluding hydrogens is 462 g/mol. The normalized spacial score (nSPS) is 12.3. The number of nitrogens with one attached hydrogen (secondary N) is 1. The second kappa shape index (κ2) is 9.69. The van der Waals surface area contributed by atoms with E-state index in [9.17, 15) is 27.5 Å². The molecule has 0 aliphatic heterocycles. The Bertz CT molecular complexity index is 1390. The molecule has 2 aromatic carbocycles. The highest BCUT2D eigenvalue weighted by Crippen LogP contribution is 2.36. The number of aromatic nitrogens is 2. The summed E-state index contributed by atoms with van der Waals surface area (Å²) in [5.41, 5.74) is 1.75. The van der Waals surface area contributed by atoms with E-state index in [2.05, 4.69) is 15.3 Å². The summed E-state index contributed by atoms with van der Waals surface area (Å²) in [5, 5.41) is 13.3. The predicted octanol–water partition coefficient (Wildman–Crippen LogP) is 7.35. The van der Waals surface area contributed by atoms with E-state index in [0.29, 0.717) is 22.2 Å². The first-order valence-corrected chi connectivity index (χ1v) is 10.7. The molecule has 0 amide bonds. The van der Waals surface area contributed by atoms with E-state index in [0.717, 1.165) is 17.8 Å². The van der Waals surface area contributed by atoms with Gasteiger partial charge in [-0.15, -0.1) is 0 Å². The number of rotatable bonds is 7.